The van der Waals surface area contributed by atoms with Gasteiger partial charge in [-0.1, -0.05) is 0 Å². The van der Waals surface area contributed by atoms with E-state index in [9.17, 15) is 0 Å². The van der Waals surface area contributed by atoms with Gasteiger partial charge in [-0.15, -0.1) is 11.3 Å². The van der Waals surface area contributed by atoms with Crippen LogP contribution in [0.15, 0.2) is 5.38 Å². The molecule has 4 heteroatoms. The lowest BCUT2D eigenvalue weighted by molar-refractivity contribution is 0.455. The van der Waals surface area contributed by atoms with Crippen LogP contribution in [-0.4, -0.2) is 28.8 Å². The first-order valence-electron chi connectivity index (χ1n) is 4.90. The zero-order chi connectivity index (χ0) is 10.6. The van der Waals surface area contributed by atoms with Crippen LogP contribution in [0.2, 0.25) is 0 Å². The summed E-state index contributed by atoms with van der Waals surface area (Å²) in [7, 11) is 0. The normalized spacial score (nSPS) is 10.2. The van der Waals surface area contributed by atoms with E-state index in [1.54, 1.807) is 11.3 Å². The van der Waals surface area contributed by atoms with Crippen molar-refractivity contribution in [2.45, 2.75) is 27.2 Å². The highest BCUT2D eigenvalue weighted by Crippen LogP contribution is 2.10. The van der Waals surface area contributed by atoms with Gasteiger partial charge < -0.3 is 4.90 Å². The maximum absolute atomic E-state index is 7.89. The number of hydrogen-bond donors (Lipinski definition) is 1. The zero-order valence-corrected chi connectivity index (χ0v) is 9.82. The van der Waals surface area contributed by atoms with Crippen LogP contribution in [-0.2, 0) is 6.42 Å². The van der Waals surface area contributed by atoms with E-state index >= 15 is 0 Å². The smallest absolute Gasteiger partial charge is 0.103 e. The predicted molar refractivity (Wildman–Crippen MR) is 61.2 cm³/mol. The Morgan fingerprint density at radius 2 is 2.14 bits per heavy atom. The summed E-state index contributed by atoms with van der Waals surface area (Å²) in [6, 6.07) is 0. The zero-order valence-electron chi connectivity index (χ0n) is 9.00. The standard InChI is InChI=1S/C10H17N3S/c1-4-13(5-2)9(11)6-10-12-8(3)7-14-10/h7,11H,4-6H2,1-3H3. The second-order valence-electron chi connectivity index (χ2n) is 3.18. The summed E-state index contributed by atoms with van der Waals surface area (Å²) in [5.41, 5.74) is 1.05. The number of rotatable bonds is 4. The monoisotopic (exact) mass is 211 g/mol. The highest BCUT2D eigenvalue weighted by atomic mass is 32.1. The molecule has 0 aliphatic heterocycles. The Bertz CT molecular complexity index is 302. The van der Waals surface area contributed by atoms with Gasteiger partial charge in [-0.25, -0.2) is 4.98 Å². The molecule has 0 amide bonds. The van der Waals surface area contributed by atoms with Crippen molar-refractivity contribution in [2.75, 3.05) is 13.1 Å². The van der Waals surface area contributed by atoms with E-state index in [1.165, 1.54) is 0 Å². The molecule has 0 atom stereocenters. The van der Waals surface area contributed by atoms with Gasteiger partial charge in [-0.2, -0.15) is 0 Å². The summed E-state index contributed by atoms with van der Waals surface area (Å²) in [4.78, 5) is 6.40. The van der Waals surface area contributed by atoms with Crippen molar-refractivity contribution < 1.29 is 0 Å². The lowest BCUT2D eigenvalue weighted by Gasteiger charge is -2.20. The molecule has 0 unspecified atom stereocenters. The Morgan fingerprint density at radius 3 is 2.57 bits per heavy atom. The number of aromatic nitrogens is 1. The number of nitrogens with one attached hydrogen (secondary N) is 1. The van der Waals surface area contributed by atoms with Gasteiger partial charge in [0.15, 0.2) is 0 Å². The molecule has 0 saturated carbocycles. The van der Waals surface area contributed by atoms with E-state index in [0.717, 1.165) is 23.8 Å². The number of thiazole rings is 1. The topological polar surface area (TPSA) is 40.0 Å². The van der Waals surface area contributed by atoms with E-state index in [4.69, 9.17) is 5.41 Å². The third kappa shape index (κ3) is 2.80. The molecule has 0 bridgehead atoms. The predicted octanol–water partition coefficient (Wildman–Crippen LogP) is 2.31. The largest absolute Gasteiger partial charge is 0.361 e. The molecule has 0 radical (unpaired) electrons. The number of amidine groups is 1. The minimum Gasteiger partial charge on any atom is -0.361 e. The van der Waals surface area contributed by atoms with Crippen molar-refractivity contribution in [2.24, 2.45) is 0 Å². The van der Waals surface area contributed by atoms with Gasteiger partial charge in [-0.05, 0) is 20.8 Å². The fraction of sp³-hybridized carbons (Fsp3) is 0.600. The van der Waals surface area contributed by atoms with Crippen LogP contribution in [0.25, 0.3) is 0 Å². The molecule has 0 saturated heterocycles. The molecule has 0 aliphatic carbocycles. The quantitative estimate of drug-likeness (QED) is 0.613. The molecule has 1 N–H and O–H groups in total. The first-order valence-corrected chi connectivity index (χ1v) is 5.78. The molecule has 0 aliphatic rings. The van der Waals surface area contributed by atoms with E-state index in [1.807, 2.05) is 12.3 Å². The van der Waals surface area contributed by atoms with Gasteiger partial charge in [0.2, 0.25) is 0 Å². The van der Waals surface area contributed by atoms with Gasteiger partial charge in [0, 0.05) is 24.2 Å². The van der Waals surface area contributed by atoms with Crippen LogP contribution < -0.4 is 0 Å². The molecule has 1 rings (SSSR count). The maximum Gasteiger partial charge on any atom is 0.103 e. The Hall–Kier alpha value is -0.900. The van der Waals surface area contributed by atoms with Crippen molar-refractivity contribution in [3.63, 3.8) is 0 Å². The summed E-state index contributed by atoms with van der Waals surface area (Å²) in [6.07, 6.45) is 0.667. The summed E-state index contributed by atoms with van der Waals surface area (Å²) in [6.45, 7) is 7.94. The van der Waals surface area contributed by atoms with Gasteiger partial charge >= 0.3 is 0 Å². The van der Waals surface area contributed by atoms with Crippen molar-refractivity contribution in [1.82, 2.24) is 9.88 Å². The molecule has 0 fully saturated rings. The second-order valence-corrected chi connectivity index (χ2v) is 4.12. The molecule has 1 aromatic heterocycles. The lowest BCUT2D eigenvalue weighted by Crippen LogP contribution is -2.31. The highest BCUT2D eigenvalue weighted by molar-refractivity contribution is 7.09. The second kappa shape index (κ2) is 5.10. The molecular formula is C10H17N3S. The molecule has 0 aromatic carbocycles. The van der Waals surface area contributed by atoms with E-state index in [-0.39, 0.29) is 0 Å². The van der Waals surface area contributed by atoms with Crippen molar-refractivity contribution in [3.8, 4) is 0 Å². The minimum absolute atomic E-state index is 0.667. The number of aryl methyl sites for hydroxylation is 1. The van der Waals surface area contributed by atoms with Crippen LogP contribution in [0.5, 0.6) is 0 Å². The average Bonchev–Trinajstić information content (AvgIpc) is 2.53. The van der Waals surface area contributed by atoms with Crippen molar-refractivity contribution in [3.05, 3.63) is 16.1 Å². The Kier molecular flexibility index (Phi) is 4.07. The Labute approximate surface area is 89.3 Å². The minimum atomic E-state index is 0.667. The number of likely N-dealkylation sites (N-methyl/N-ethyl adjacent to an activating group) is 1. The summed E-state index contributed by atoms with van der Waals surface area (Å²) >= 11 is 1.64. The molecule has 1 aromatic rings. The highest BCUT2D eigenvalue weighted by Gasteiger charge is 2.08. The summed E-state index contributed by atoms with van der Waals surface area (Å²) in [5, 5.41) is 11.0. The fourth-order valence-corrected chi connectivity index (χ4v) is 2.12. The van der Waals surface area contributed by atoms with Gasteiger partial charge in [0.1, 0.15) is 10.8 Å². The van der Waals surface area contributed by atoms with Crippen LogP contribution in [0.3, 0.4) is 0 Å². The van der Waals surface area contributed by atoms with Crippen LogP contribution in [0, 0.1) is 12.3 Å². The summed E-state index contributed by atoms with van der Waals surface area (Å²) < 4.78 is 0. The average molecular weight is 211 g/mol. The van der Waals surface area contributed by atoms with Crippen LogP contribution in [0.4, 0.5) is 0 Å². The molecular weight excluding hydrogens is 194 g/mol. The Balaban J connectivity index is 2.56. The van der Waals surface area contributed by atoms with Crippen LogP contribution >= 0.6 is 11.3 Å². The first-order chi connectivity index (χ1) is 6.67. The van der Waals surface area contributed by atoms with Crippen LogP contribution in [0.1, 0.15) is 24.5 Å². The SMILES string of the molecule is CCN(CC)C(=N)Cc1nc(C)cs1. The van der Waals surface area contributed by atoms with E-state index < -0.39 is 0 Å². The van der Waals surface area contributed by atoms with E-state index in [2.05, 4.69) is 23.7 Å². The molecule has 3 nitrogen and oxygen atoms in total. The maximum atomic E-state index is 7.89. The summed E-state index contributed by atoms with van der Waals surface area (Å²) in [5.74, 6) is 0.671. The molecule has 14 heavy (non-hydrogen) atoms. The Morgan fingerprint density at radius 1 is 1.50 bits per heavy atom. The van der Waals surface area contributed by atoms with Crippen molar-refractivity contribution >= 4 is 17.2 Å². The fourth-order valence-electron chi connectivity index (χ4n) is 1.34. The molecule has 0 spiro atoms. The van der Waals surface area contributed by atoms with Gasteiger partial charge in [0.05, 0.1) is 6.42 Å². The third-order valence-electron chi connectivity index (χ3n) is 2.13. The van der Waals surface area contributed by atoms with E-state index in [0.29, 0.717) is 12.3 Å². The van der Waals surface area contributed by atoms with Gasteiger partial charge in [0.25, 0.3) is 0 Å². The number of nitrogens with zero attached hydrogens (tertiary/aromatic N) is 2. The third-order valence-corrected chi connectivity index (χ3v) is 3.10. The lowest BCUT2D eigenvalue weighted by atomic mass is 10.3. The van der Waals surface area contributed by atoms with Gasteiger partial charge in [-0.3, -0.25) is 5.41 Å². The van der Waals surface area contributed by atoms with Crippen molar-refractivity contribution in [1.29, 1.82) is 5.41 Å². The number of hydrogen-bond acceptors (Lipinski definition) is 3. The molecule has 1 heterocycles. The molecule has 78 valence electrons. The first kappa shape index (κ1) is 11.2.